The second kappa shape index (κ2) is 10.5. The Morgan fingerprint density at radius 1 is 1.35 bits per heavy atom. The van der Waals surface area contributed by atoms with Gasteiger partial charge >= 0.3 is 0 Å². The number of nitrogens with one attached hydrogen (secondary N) is 1. The number of fused-ring (bicyclic) bond motifs is 1. The number of imidazole rings is 1. The van der Waals surface area contributed by atoms with Crippen LogP contribution in [0.5, 0.6) is 5.75 Å². The van der Waals surface area contributed by atoms with E-state index in [-0.39, 0.29) is 30.7 Å². The van der Waals surface area contributed by atoms with Crippen LogP contribution in [0.1, 0.15) is 47.8 Å². The predicted octanol–water partition coefficient (Wildman–Crippen LogP) is 3.93. The molecule has 1 aromatic carbocycles. The van der Waals surface area contributed by atoms with Crippen molar-refractivity contribution in [3.8, 4) is 11.8 Å². The average Bonchev–Trinajstić information content (AvgIpc) is 3.45. The van der Waals surface area contributed by atoms with E-state index in [0.717, 1.165) is 21.8 Å². The van der Waals surface area contributed by atoms with E-state index in [1.54, 1.807) is 28.2 Å². The number of benzene rings is 1. The van der Waals surface area contributed by atoms with Gasteiger partial charge in [-0.15, -0.1) is 11.3 Å². The molecule has 0 radical (unpaired) electrons. The van der Waals surface area contributed by atoms with E-state index < -0.39 is 0 Å². The highest BCUT2D eigenvalue weighted by Crippen LogP contribution is 2.37. The molecule has 0 spiro atoms. The number of nitriles is 1. The lowest BCUT2D eigenvalue weighted by molar-refractivity contribution is -0.132. The van der Waals surface area contributed by atoms with Crippen LogP contribution in [0.15, 0.2) is 43.0 Å². The summed E-state index contributed by atoms with van der Waals surface area (Å²) in [4.78, 5) is 32.3. The molecule has 8 nitrogen and oxygen atoms in total. The number of thiophene rings is 1. The van der Waals surface area contributed by atoms with Crippen LogP contribution in [0.2, 0.25) is 0 Å². The molecule has 1 atom stereocenters. The van der Waals surface area contributed by atoms with E-state index in [4.69, 9.17) is 4.74 Å². The average molecular weight is 478 g/mol. The van der Waals surface area contributed by atoms with E-state index >= 15 is 0 Å². The Labute approximate surface area is 202 Å². The van der Waals surface area contributed by atoms with Crippen molar-refractivity contribution in [1.29, 1.82) is 5.26 Å². The number of carbonyl (C=O) groups excluding carboxylic acids is 2. The number of aromatic nitrogens is 2. The number of nitrogens with zero attached hydrogens (tertiary/aromatic N) is 4. The summed E-state index contributed by atoms with van der Waals surface area (Å²) in [5, 5.41) is 13.3. The number of anilines is 1. The van der Waals surface area contributed by atoms with Crippen molar-refractivity contribution in [1.82, 2.24) is 14.5 Å². The Bertz CT molecular complexity index is 1210. The summed E-state index contributed by atoms with van der Waals surface area (Å²) < 4.78 is 7.44. The topological polar surface area (TPSA) is 100 Å². The highest BCUT2D eigenvalue weighted by Gasteiger charge is 2.28. The van der Waals surface area contributed by atoms with Gasteiger partial charge in [0.1, 0.15) is 23.4 Å². The number of ether oxygens (including phenoxy) is 1. The summed E-state index contributed by atoms with van der Waals surface area (Å²) in [5.41, 5.74) is 2.43. The van der Waals surface area contributed by atoms with Crippen LogP contribution in [-0.4, -0.2) is 39.4 Å². The molecule has 1 aliphatic heterocycles. The minimum Gasteiger partial charge on any atom is -0.494 e. The van der Waals surface area contributed by atoms with Gasteiger partial charge in [-0.1, -0.05) is 25.1 Å². The van der Waals surface area contributed by atoms with Crippen molar-refractivity contribution in [2.24, 2.45) is 0 Å². The molecule has 1 N–H and O–H groups in total. The lowest BCUT2D eigenvalue weighted by Crippen LogP contribution is -2.37. The second-order valence-corrected chi connectivity index (χ2v) is 9.35. The Kier molecular flexibility index (Phi) is 7.28. The SMILES string of the molecule is CCOc1ccccc1C(C)CC(=O)Nc1sc2c(c1C#N)CCN(C(=O)Cn1ccnc1)C2. The van der Waals surface area contributed by atoms with Crippen LogP contribution in [0, 0.1) is 11.3 Å². The third-order valence-corrected chi connectivity index (χ3v) is 7.02. The number of hydrogen-bond acceptors (Lipinski definition) is 6. The van der Waals surface area contributed by atoms with Gasteiger partial charge in [0, 0.05) is 30.2 Å². The third kappa shape index (κ3) is 5.13. The Morgan fingerprint density at radius 2 is 2.18 bits per heavy atom. The number of rotatable bonds is 8. The van der Waals surface area contributed by atoms with E-state index in [1.165, 1.54) is 11.3 Å². The summed E-state index contributed by atoms with van der Waals surface area (Å²) in [5.74, 6) is 0.596. The molecular weight excluding hydrogens is 450 g/mol. The summed E-state index contributed by atoms with van der Waals surface area (Å²) in [7, 11) is 0. The predicted molar refractivity (Wildman–Crippen MR) is 130 cm³/mol. The molecule has 3 aromatic rings. The first-order chi connectivity index (χ1) is 16.5. The van der Waals surface area contributed by atoms with Crippen molar-refractivity contribution in [2.75, 3.05) is 18.5 Å². The molecule has 2 amide bonds. The van der Waals surface area contributed by atoms with Gasteiger partial charge in [0.05, 0.1) is 25.0 Å². The van der Waals surface area contributed by atoms with Crippen LogP contribution in [-0.2, 0) is 29.1 Å². The van der Waals surface area contributed by atoms with E-state index in [0.29, 0.717) is 36.7 Å². The number of hydrogen-bond donors (Lipinski definition) is 1. The van der Waals surface area contributed by atoms with E-state index in [1.807, 2.05) is 38.1 Å². The van der Waals surface area contributed by atoms with Crippen molar-refractivity contribution < 1.29 is 14.3 Å². The molecule has 0 bridgehead atoms. The third-order valence-electron chi connectivity index (χ3n) is 5.89. The lowest BCUT2D eigenvalue weighted by atomic mass is 9.96. The zero-order chi connectivity index (χ0) is 24.1. The summed E-state index contributed by atoms with van der Waals surface area (Å²) >= 11 is 1.39. The zero-order valence-corrected chi connectivity index (χ0v) is 20.1. The molecule has 0 saturated heterocycles. The monoisotopic (exact) mass is 477 g/mol. The standard InChI is InChI=1S/C25H27N5O3S/c1-3-33-21-7-5-4-6-18(21)17(2)12-23(31)28-25-20(13-26)19-8-10-30(14-22(19)34-25)24(32)15-29-11-9-27-16-29/h4-7,9,11,16-17H,3,8,10,12,14-15H2,1-2H3,(H,28,31). The van der Waals surface area contributed by atoms with Gasteiger partial charge in [-0.05, 0) is 36.5 Å². The molecule has 3 heterocycles. The first-order valence-electron chi connectivity index (χ1n) is 11.3. The van der Waals surface area contributed by atoms with Gasteiger partial charge in [0.2, 0.25) is 11.8 Å². The maximum atomic E-state index is 12.9. The number of amides is 2. The fraction of sp³-hybridized carbons (Fsp3) is 0.360. The van der Waals surface area contributed by atoms with Crippen molar-refractivity contribution in [3.05, 3.63) is 64.6 Å². The second-order valence-electron chi connectivity index (χ2n) is 8.24. The lowest BCUT2D eigenvalue weighted by Gasteiger charge is -2.27. The maximum absolute atomic E-state index is 12.9. The quantitative estimate of drug-likeness (QED) is 0.530. The fourth-order valence-electron chi connectivity index (χ4n) is 4.20. The fourth-order valence-corrected chi connectivity index (χ4v) is 5.43. The molecule has 0 aliphatic carbocycles. The van der Waals surface area contributed by atoms with Gasteiger partial charge in [-0.3, -0.25) is 9.59 Å². The Morgan fingerprint density at radius 3 is 2.91 bits per heavy atom. The molecule has 4 rings (SSSR count). The normalized spacial score (nSPS) is 13.6. The van der Waals surface area contributed by atoms with Crippen LogP contribution >= 0.6 is 11.3 Å². The summed E-state index contributed by atoms with van der Waals surface area (Å²) in [6, 6.07) is 10.0. The highest BCUT2D eigenvalue weighted by molar-refractivity contribution is 7.16. The molecule has 34 heavy (non-hydrogen) atoms. The molecule has 1 aliphatic rings. The first kappa shape index (κ1) is 23.5. The van der Waals surface area contributed by atoms with Gasteiger partial charge in [-0.25, -0.2) is 4.98 Å². The van der Waals surface area contributed by atoms with Gasteiger partial charge in [0.25, 0.3) is 0 Å². The first-order valence-corrected chi connectivity index (χ1v) is 12.1. The maximum Gasteiger partial charge on any atom is 0.242 e. The largest absolute Gasteiger partial charge is 0.494 e. The van der Waals surface area contributed by atoms with Crippen molar-refractivity contribution >= 4 is 28.2 Å². The minimum absolute atomic E-state index is 0.00271. The highest BCUT2D eigenvalue weighted by atomic mass is 32.1. The zero-order valence-electron chi connectivity index (χ0n) is 19.3. The molecular formula is C25H27N5O3S. The van der Waals surface area contributed by atoms with Crippen molar-refractivity contribution in [3.63, 3.8) is 0 Å². The molecule has 2 aromatic heterocycles. The van der Waals surface area contributed by atoms with Gasteiger partial charge in [0.15, 0.2) is 0 Å². The number of para-hydroxylation sites is 1. The van der Waals surface area contributed by atoms with Crippen LogP contribution in [0.25, 0.3) is 0 Å². The van der Waals surface area contributed by atoms with Gasteiger partial charge < -0.3 is 19.5 Å². The van der Waals surface area contributed by atoms with Crippen LogP contribution in [0.3, 0.4) is 0 Å². The smallest absolute Gasteiger partial charge is 0.242 e. The summed E-state index contributed by atoms with van der Waals surface area (Å²) in [6.07, 6.45) is 5.89. The van der Waals surface area contributed by atoms with E-state index in [9.17, 15) is 14.9 Å². The number of carbonyl (C=O) groups is 2. The Hall–Kier alpha value is -3.64. The van der Waals surface area contributed by atoms with Gasteiger partial charge in [-0.2, -0.15) is 5.26 Å². The molecule has 0 fully saturated rings. The van der Waals surface area contributed by atoms with Crippen LogP contribution < -0.4 is 10.1 Å². The van der Waals surface area contributed by atoms with Crippen LogP contribution in [0.4, 0.5) is 5.00 Å². The summed E-state index contributed by atoms with van der Waals surface area (Å²) in [6.45, 7) is 5.70. The molecule has 9 heteroatoms. The Balaban J connectivity index is 1.43. The molecule has 176 valence electrons. The molecule has 1 unspecified atom stereocenters. The van der Waals surface area contributed by atoms with E-state index in [2.05, 4.69) is 16.4 Å². The van der Waals surface area contributed by atoms with Crippen molar-refractivity contribution in [2.45, 2.75) is 45.7 Å². The minimum atomic E-state index is -0.151. The molecule has 0 saturated carbocycles.